The van der Waals surface area contributed by atoms with Crippen LogP contribution in [0.1, 0.15) is 16.7 Å². The predicted molar refractivity (Wildman–Crippen MR) is 95.7 cm³/mol. The molecule has 0 bridgehead atoms. The van der Waals surface area contributed by atoms with Crippen LogP contribution in [0, 0.1) is 25.2 Å². The zero-order chi connectivity index (χ0) is 18.0. The zero-order valence-electron chi connectivity index (χ0n) is 13.7. The van der Waals surface area contributed by atoms with Crippen LogP contribution in [-0.2, 0) is 4.79 Å². The van der Waals surface area contributed by atoms with Gasteiger partial charge in [-0.1, -0.05) is 29.3 Å². The number of nitriles is 1. The molecule has 25 heavy (non-hydrogen) atoms. The van der Waals surface area contributed by atoms with Crippen molar-refractivity contribution in [2.75, 3.05) is 12.1 Å². The standard InChI is InChI=1S/C19H15ClN2O3/c1-11-3-4-16(12(2)5-11)22-19(23)14(9-21)6-13-7-15(20)18-17(8-13)24-10-25-18/h3-8H,10H2,1-2H3,(H,22,23)/b14-6+. The molecule has 1 aliphatic rings. The highest BCUT2D eigenvalue weighted by Gasteiger charge is 2.19. The van der Waals surface area contributed by atoms with Crippen LogP contribution in [0.2, 0.25) is 5.02 Å². The van der Waals surface area contributed by atoms with Gasteiger partial charge in [0.15, 0.2) is 11.5 Å². The summed E-state index contributed by atoms with van der Waals surface area (Å²) in [5, 5.41) is 12.5. The van der Waals surface area contributed by atoms with Gasteiger partial charge in [0.2, 0.25) is 6.79 Å². The maximum Gasteiger partial charge on any atom is 0.266 e. The number of hydrogen-bond acceptors (Lipinski definition) is 4. The largest absolute Gasteiger partial charge is 0.454 e. The molecule has 0 unspecified atom stereocenters. The molecule has 3 rings (SSSR count). The molecule has 5 nitrogen and oxygen atoms in total. The van der Waals surface area contributed by atoms with E-state index in [1.165, 1.54) is 6.08 Å². The highest BCUT2D eigenvalue weighted by Crippen LogP contribution is 2.40. The second kappa shape index (κ2) is 6.88. The first-order valence-electron chi connectivity index (χ1n) is 7.57. The fourth-order valence-electron chi connectivity index (χ4n) is 2.53. The summed E-state index contributed by atoms with van der Waals surface area (Å²) in [6, 6.07) is 10.9. The van der Waals surface area contributed by atoms with Crippen LogP contribution in [0.3, 0.4) is 0 Å². The molecule has 0 spiro atoms. The third kappa shape index (κ3) is 3.59. The fourth-order valence-corrected chi connectivity index (χ4v) is 2.80. The first-order valence-corrected chi connectivity index (χ1v) is 7.95. The molecular formula is C19H15ClN2O3. The van der Waals surface area contributed by atoms with Crippen molar-refractivity contribution in [2.45, 2.75) is 13.8 Å². The van der Waals surface area contributed by atoms with Crippen LogP contribution in [0.5, 0.6) is 11.5 Å². The Morgan fingerprint density at radius 2 is 2.08 bits per heavy atom. The molecule has 1 amide bonds. The van der Waals surface area contributed by atoms with Gasteiger partial charge in [-0.15, -0.1) is 0 Å². The Bertz CT molecular complexity index is 929. The van der Waals surface area contributed by atoms with E-state index in [1.54, 1.807) is 12.1 Å². The fraction of sp³-hybridized carbons (Fsp3) is 0.158. The average molecular weight is 355 g/mol. The molecule has 0 atom stereocenters. The van der Waals surface area contributed by atoms with E-state index in [0.717, 1.165) is 11.1 Å². The van der Waals surface area contributed by atoms with Gasteiger partial charge in [-0.05, 0) is 49.2 Å². The molecule has 1 aliphatic heterocycles. The molecule has 0 saturated heterocycles. The SMILES string of the molecule is Cc1ccc(NC(=O)/C(C#N)=C/c2cc(Cl)c3c(c2)OCO3)c(C)c1. The predicted octanol–water partition coefficient (Wildman–Crippen LogP) is 4.23. The first-order chi connectivity index (χ1) is 12.0. The molecule has 0 aliphatic carbocycles. The molecule has 6 heteroatoms. The summed E-state index contributed by atoms with van der Waals surface area (Å²) in [7, 11) is 0. The van der Waals surface area contributed by atoms with E-state index in [2.05, 4.69) is 5.32 Å². The van der Waals surface area contributed by atoms with Crippen LogP contribution in [-0.4, -0.2) is 12.7 Å². The molecule has 0 radical (unpaired) electrons. The minimum atomic E-state index is -0.483. The maximum absolute atomic E-state index is 12.4. The highest BCUT2D eigenvalue weighted by molar-refractivity contribution is 6.32. The van der Waals surface area contributed by atoms with E-state index >= 15 is 0 Å². The second-order valence-electron chi connectivity index (χ2n) is 5.68. The van der Waals surface area contributed by atoms with E-state index in [4.69, 9.17) is 21.1 Å². The average Bonchev–Trinajstić information content (AvgIpc) is 3.04. The Morgan fingerprint density at radius 1 is 1.28 bits per heavy atom. The molecule has 2 aromatic rings. The summed E-state index contributed by atoms with van der Waals surface area (Å²) < 4.78 is 10.5. The number of halogens is 1. The minimum Gasteiger partial charge on any atom is -0.454 e. The van der Waals surface area contributed by atoms with Gasteiger partial charge in [0, 0.05) is 5.69 Å². The van der Waals surface area contributed by atoms with Crippen LogP contribution >= 0.6 is 11.6 Å². The summed E-state index contributed by atoms with van der Waals surface area (Å²) in [6.07, 6.45) is 1.46. The molecule has 0 saturated carbocycles. The Morgan fingerprint density at radius 3 is 2.80 bits per heavy atom. The Labute approximate surface area is 150 Å². The quantitative estimate of drug-likeness (QED) is 0.661. The Balaban J connectivity index is 1.87. The van der Waals surface area contributed by atoms with Gasteiger partial charge in [0.1, 0.15) is 11.6 Å². The normalized spacial score (nSPS) is 12.6. The van der Waals surface area contributed by atoms with Crippen molar-refractivity contribution >= 4 is 29.3 Å². The maximum atomic E-state index is 12.4. The number of benzene rings is 2. The van der Waals surface area contributed by atoms with Gasteiger partial charge < -0.3 is 14.8 Å². The lowest BCUT2D eigenvalue weighted by molar-refractivity contribution is -0.112. The van der Waals surface area contributed by atoms with Crippen LogP contribution < -0.4 is 14.8 Å². The summed E-state index contributed by atoms with van der Waals surface area (Å²) in [5.41, 5.74) is 3.25. The highest BCUT2D eigenvalue weighted by atomic mass is 35.5. The van der Waals surface area contributed by atoms with Crippen molar-refractivity contribution in [1.29, 1.82) is 5.26 Å². The molecule has 0 aromatic heterocycles. The van der Waals surface area contributed by atoms with Crippen LogP contribution in [0.25, 0.3) is 6.08 Å². The topological polar surface area (TPSA) is 71.4 Å². The molecule has 0 fully saturated rings. The van der Waals surface area contributed by atoms with Gasteiger partial charge >= 0.3 is 0 Å². The van der Waals surface area contributed by atoms with E-state index in [0.29, 0.717) is 27.8 Å². The Hall–Kier alpha value is -2.97. The zero-order valence-corrected chi connectivity index (χ0v) is 14.5. The summed E-state index contributed by atoms with van der Waals surface area (Å²) in [6.45, 7) is 3.97. The summed E-state index contributed by atoms with van der Waals surface area (Å²) in [4.78, 5) is 12.4. The number of nitrogens with zero attached hydrogens (tertiary/aromatic N) is 1. The number of aryl methyl sites for hydroxylation is 2. The van der Waals surface area contributed by atoms with Crippen molar-refractivity contribution in [2.24, 2.45) is 0 Å². The molecule has 1 heterocycles. The summed E-state index contributed by atoms with van der Waals surface area (Å²) in [5.74, 6) is 0.478. The number of nitrogens with one attached hydrogen (secondary N) is 1. The first kappa shape index (κ1) is 16.9. The van der Waals surface area contributed by atoms with Gasteiger partial charge in [-0.2, -0.15) is 5.26 Å². The molecule has 2 aromatic carbocycles. The van der Waals surface area contributed by atoms with Gasteiger partial charge in [-0.3, -0.25) is 4.79 Å². The number of ether oxygens (including phenoxy) is 2. The number of amides is 1. The lowest BCUT2D eigenvalue weighted by Gasteiger charge is -2.08. The van der Waals surface area contributed by atoms with E-state index < -0.39 is 5.91 Å². The monoisotopic (exact) mass is 354 g/mol. The third-order valence-corrected chi connectivity index (χ3v) is 4.04. The lowest BCUT2D eigenvalue weighted by atomic mass is 10.1. The molecule has 1 N–H and O–H groups in total. The smallest absolute Gasteiger partial charge is 0.266 e. The van der Waals surface area contributed by atoms with Crippen LogP contribution in [0.4, 0.5) is 5.69 Å². The van der Waals surface area contributed by atoms with E-state index in [1.807, 2.05) is 38.1 Å². The third-order valence-electron chi connectivity index (χ3n) is 3.76. The second-order valence-corrected chi connectivity index (χ2v) is 6.09. The number of fused-ring (bicyclic) bond motifs is 1. The number of hydrogen-bond donors (Lipinski definition) is 1. The van der Waals surface area contributed by atoms with Gasteiger partial charge in [0.05, 0.1) is 5.02 Å². The van der Waals surface area contributed by atoms with Crippen molar-refractivity contribution in [3.63, 3.8) is 0 Å². The lowest BCUT2D eigenvalue weighted by Crippen LogP contribution is -2.14. The van der Waals surface area contributed by atoms with E-state index in [-0.39, 0.29) is 12.4 Å². The van der Waals surface area contributed by atoms with Crippen molar-refractivity contribution < 1.29 is 14.3 Å². The molecule has 126 valence electrons. The van der Waals surface area contributed by atoms with Gasteiger partial charge in [0.25, 0.3) is 5.91 Å². The summed E-state index contributed by atoms with van der Waals surface area (Å²) >= 11 is 6.13. The molecular weight excluding hydrogens is 340 g/mol. The minimum absolute atomic E-state index is 0.0325. The van der Waals surface area contributed by atoms with Gasteiger partial charge in [-0.25, -0.2) is 0 Å². The Kier molecular flexibility index (Phi) is 4.64. The number of anilines is 1. The van der Waals surface area contributed by atoms with E-state index in [9.17, 15) is 10.1 Å². The number of rotatable bonds is 3. The van der Waals surface area contributed by atoms with Crippen molar-refractivity contribution in [1.82, 2.24) is 0 Å². The van der Waals surface area contributed by atoms with Crippen molar-refractivity contribution in [3.05, 3.63) is 57.6 Å². The van der Waals surface area contributed by atoms with Crippen molar-refractivity contribution in [3.8, 4) is 17.6 Å². The number of carbonyl (C=O) groups excluding carboxylic acids is 1. The number of carbonyl (C=O) groups is 1. The van der Waals surface area contributed by atoms with Crippen LogP contribution in [0.15, 0.2) is 35.9 Å².